The number of thioether (sulfide) groups is 1. The van der Waals surface area contributed by atoms with Gasteiger partial charge in [0, 0.05) is 29.1 Å². The maximum Gasteiger partial charge on any atom is 0.287 e. The number of carbonyl (C=O) groups is 3. The predicted molar refractivity (Wildman–Crippen MR) is 94.7 cm³/mol. The Bertz CT molecular complexity index is 993. The third kappa shape index (κ3) is 3.08. The summed E-state index contributed by atoms with van der Waals surface area (Å²) in [6, 6.07) is 15.6. The van der Waals surface area contributed by atoms with Crippen LogP contribution in [-0.4, -0.2) is 22.2 Å². The van der Waals surface area contributed by atoms with Crippen molar-refractivity contribution >= 4 is 38.9 Å². The molecule has 1 aromatic heterocycles. The summed E-state index contributed by atoms with van der Waals surface area (Å²) < 4.78 is 5.66. The van der Waals surface area contributed by atoms with E-state index in [0.717, 1.165) is 10.9 Å². The predicted octanol–water partition coefficient (Wildman–Crippen LogP) is 3.56. The number of benzene rings is 2. The highest BCUT2D eigenvalue weighted by molar-refractivity contribution is 8.26. The van der Waals surface area contributed by atoms with E-state index in [0.29, 0.717) is 29.3 Å². The third-order valence-electron chi connectivity index (χ3n) is 4.05. The molecule has 3 aromatic rings. The molecule has 1 N–H and O–H groups in total. The van der Waals surface area contributed by atoms with E-state index in [9.17, 15) is 14.4 Å². The second-order valence-corrected chi connectivity index (χ2v) is 6.76. The van der Waals surface area contributed by atoms with Crippen LogP contribution in [-0.2, 0) is 11.2 Å². The van der Waals surface area contributed by atoms with Crippen molar-refractivity contribution in [1.82, 2.24) is 5.32 Å². The number of rotatable bonds is 4. The summed E-state index contributed by atoms with van der Waals surface area (Å²) in [6.07, 6.45) is 0.417. The number of amides is 1. The summed E-state index contributed by atoms with van der Waals surface area (Å²) in [6.45, 7) is 0. The molecule has 1 unspecified atom stereocenters. The Balaban J connectivity index is 1.60. The zero-order valence-electron chi connectivity index (χ0n) is 13.0. The highest BCUT2D eigenvalue weighted by Gasteiger charge is 2.31. The average Bonchev–Trinajstić information content (AvgIpc) is 3.17. The van der Waals surface area contributed by atoms with Gasteiger partial charge in [-0.2, -0.15) is 0 Å². The lowest BCUT2D eigenvalue weighted by atomic mass is 10.0. The van der Waals surface area contributed by atoms with Gasteiger partial charge in [-0.15, -0.1) is 0 Å². The van der Waals surface area contributed by atoms with Gasteiger partial charge in [0.25, 0.3) is 5.24 Å². The molecule has 0 radical (unpaired) electrons. The normalized spacial score (nSPS) is 17.0. The molecule has 6 heteroatoms. The van der Waals surface area contributed by atoms with Crippen molar-refractivity contribution in [2.24, 2.45) is 0 Å². The van der Waals surface area contributed by atoms with Gasteiger partial charge in [0.1, 0.15) is 11.6 Å². The van der Waals surface area contributed by atoms with Gasteiger partial charge in [-0.05, 0) is 23.8 Å². The monoisotopic (exact) mass is 351 g/mol. The Kier molecular flexibility index (Phi) is 3.89. The molecule has 1 aliphatic heterocycles. The van der Waals surface area contributed by atoms with E-state index in [1.807, 2.05) is 18.2 Å². The minimum Gasteiger partial charge on any atom is -0.453 e. The molecule has 1 saturated heterocycles. The van der Waals surface area contributed by atoms with Crippen molar-refractivity contribution in [3.63, 3.8) is 0 Å². The molecule has 0 bridgehead atoms. The van der Waals surface area contributed by atoms with E-state index in [2.05, 4.69) is 5.32 Å². The fourth-order valence-electron chi connectivity index (χ4n) is 2.83. The lowest BCUT2D eigenvalue weighted by Crippen LogP contribution is -2.30. The highest BCUT2D eigenvalue weighted by Crippen LogP contribution is 2.25. The van der Waals surface area contributed by atoms with Crippen molar-refractivity contribution < 1.29 is 18.8 Å². The van der Waals surface area contributed by atoms with Crippen LogP contribution in [0.4, 0.5) is 4.79 Å². The van der Waals surface area contributed by atoms with Crippen LogP contribution in [0.25, 0.3) is 11.0 Å². The minimum atomic E-state index is -0.507. The Morgan fingerprint density at radius 1 is 1.08 bits per heavy atom. The molecular weight excluding hydrogens is 338 g/mol. The molecule has 2 heterocycles. The molecule has 1 fully saturated rings. The lowest BCUT2D eigenvalue weighted by molar-refractivity contribution is -0.112. The molecule has 1 atom stereocenters. The lowest BCUT2D eigenvalue weighted by Gasteiger charge is -2.07. The van der Waals surface area contributed by atoms with Crippen molar-refractivity contribution in [3.8, 4) is 0 Å². The van der Waals surface area contributed by atoms with Gasteiger partial charge >= 0.3 is 0 Å². The second kappa shape index (κ2) is 6.22. The third-order valence-corrected chi connectivity index (χ3v) is 4.84. The van der Waals surface area contributed by atoms with Crippen LogP contribution in [0.2, 0.25) is 0 Å². The molecule has 1 amide bonds. The van der Waals surface area contributed by atoms with E-state index < -0.39 is 6.04 Å². The molecule has 0 spiro atoms. The maximum absolute atomic E-state index is 12.5. The van der Waals surface area contributed by atoms with Crippen LogP contribution in [0, 0.1) is 0 Å². The average molecular weight is 351 g/mol. The van der Waals surface area contributed by atoms with E-state index in [4.69, 9.17) is 4.42 Å². The largest absolute Gasteiger partial charge is 0.453 e. The fourth-order valence-corrected chi connectivity index (χ4v) is 3.50. The molecule has 25 heavy (non-hydrogen) atoms. The van der Waals surface area contributed by atoms with Crippen LogP contribution in [0.5, 0.6) is 0 Å². The van der Waals surface area contributed by atoms with Crippen LogP contribution in [0.3, 0.4) is 0 Å². The summed E-state index contributed by atoms with van der Waals surface area (Å²) in [4.78, 5) is 35.4. The number of carbonyl (C=O) groups excluding carboxylic acids is 3. The van der Waals surface area contributed by atoms with Crippen molar-refractivity contribution in [3.05, 3.63) is 71.5 Å². The van der Waals surface area contributed by atoms with Crippen molar-refractivity contribution in [1.29, 1.82) is 0 Å². The van der Waals surface area contributed by atoms with Gasteiger partial charge in [0.15, 0.2) is 5.76 Å². The molecule has 5 nitrogen and oxygen atoms in total. The highest BCUT2D eigenvalue weighted by atomic mass is 32.2. The van der Waals surface area contributed by atoms with Crippen LogP contribution >= 0.6 is 11.8 Å². The molecule has 0 aliphatic carbocycles. The van der Waals surface area contributed by atoms with Gasteiger partial charge in [-0.1, -0.05) is 36.4 Å². The topological polar surface area (TPSA) is 76.4 Å². The Labute approximate surface area is 147 Å². The summed E-state index contributed by atoms with van der Waals surface area (Å²) >= 11 is 0.705. The first kappa shape index (κ1) is 15.7. The number of nitrogens with one attached hydrogen (secondary N) is 1. The molecular formula is C19H13NO4S. The number of furan rings is 1. The van der Waals surface area contributed by atoms with Crippen LogP contribution in [0.15, 0.2) is 59.0 Å². The van der Waals surface area contributed by atoms with Gasteiger partial charge in [-0.3, -0.25) is 14.4 Å². The standard InChI is InChI=1S/C19H13NO4S/c21-17(12-4-2-1-3-5-12)16-10-13-8-11(6-7-15(13)24-16)9-14-18(22)25-19(23)20-14/h1-8,10,14H,9H2,(H,20,23). The Morgan fingerprint density at radius 2 is 1.88 bits per heavy atom. The Hall–Kier alpha value is -2.86. The quantitative estimate of drug-likeness (QED) is 0.727. The molecule has 1 aliphatic rings. The first-order valence-corrected chi connectivity index (χ1v) is 8.56. The SMILES string of the molecule is O=C1NC(Cc2ccc3oc(C(=O)c4ccccc4)cc3c2)C(=O)S1. The second-order valence-electron chi connectivity index (χ2n) is 5.79. The molecule has 4 rings (SSSR count). The number of fused-ring (bicyclic) bond motifs is 1. The van der Waals surface area contributed by atoms with Gasteiger partial charge < -0.3 is 9.73 Å². The van der Waals surface area contributed by atoms with E-state index in [-0.39, 0.29) is 21.9 Å². The van der Waals surface area contributed by atoms with Crippen molar-refractivity contribution in [2.75, 3.05) is 0 Å². The molecule has 0 saturated carbocycles. The van der Waals surface area contributed by atoms with Gasteiger partial charge in [0.2, 0.25) is 10.9 Å². The first-order valence-electron chi connectivity index (χ1n) is 7.74. The summed E-state index contributed by atoms with van der Waals surface area (Å²) in [7, 11) is 0. The van der Waals surface area contributed by atoms with Gasteiger partial charge in [-0.25, -0.2) is 0 Å². The Morgan fingerprint density at radius 3 is 2.60 bits per heavy atom. The van der Waals surface area contributed by atoms with Crippen molar-refractivity contribution in [2.45, 2.75) is 12.5 Å². The zero-order valence-corrected chi connectivity index (χ0v) is 13.8. The minimum absolute atomic E-state index is 0.169. The smallest absolute Gasteiger partial charge is 0.287 e. The zero-order chi connectivity index (χ0) is 17.4. The summed E-state index contributed by atoms with van der Waals surface area (Å²) in [5.74, 6) is 0.104. The molecule has 124 valence electrons. The first-order chi connectivity index (χ1) is 12.1. The number of hydrogen-bond acceptors (Lipinski definition) is 5. The van der Waals surface area contributed by atoms with E-state index in [1.54, 1.807) is 36.4 Å². The number of hydrogen-bond donors (Lipinski definition) is 1. The maximum atomic E-state index is 12.5. The van der Waals surface area contributed by atoms with E-state index in [1.165, 1.54) is 0 Å². The van der Waals surface area contributed by atoms with E-state index >= 15 is 0 Å². The molecule has 2 aromatic carbocycles. The fraction of sp³-hybridized carbons (Fsp3) is 0.105. The number of ketones is 1. The summed E-state index contributed by atoms with van der Waals surface area (Å²) in [5, 5.41) is 2.96. The summed E-state index contributed by atoms with van der Waals surface area (Å²) in [5.41, 5.74) is 2.07. The van der Waals surface area contributed by atoms with Gasteiger partial charge in [0.05, 0.1) is 0 Å². The van der Waals surface area contributed by atoms with Crippen LogP contribution < -0.4 is 5.32 Å². The van der Waals surface area contributed by atoms with Crippen LogP contribution in [0.1, 0.15) is 21.7 Å².